The molecule has 7 heteroatoms. The van der Waals surface area contributed by atoms with E-state index in [-0.39, 0.29) is 18.3 Å². The quantitative estimate of drug-likeness (QED) is 0.784. The van der Waals surface area contributed by atoms with E-state index >= 15 is 0 Å². The summed E-state index contributed by atoms with van der Waals surface area (Å²) in [5, 5.41) is 4.23. The summed E-state index contributed by atoms with van der Waals surface area (Å²) in [6.45, 7) is 9.74. The SMILES string of the molecule is CCOC(=O)c1nn(C)c2c1[C@@H](C)N(C(=O)OC(C)(C)C)C2. The number of aromatic nitrogens is 2. The van der Waals surface area contributed by atoms with Crippen molar-refractivity contribution in [2.75, 3.05) is 6.61 Å². The van der Waals surface area contributed by atoms with Gasteiger partial charge in [-0.05, 0) is 34.6 Å². The first-order chi connectivity index (χ1) is 10.2. The van der Waals surface area contributed by atoms with Gasteiger partial charge in [-0.2, -0.15) is 5.10 Å². The number of rotatable bonds is 2. The van der Waals surface area contributed by atoms with Crippen LogP contribution in [0.2, 0.25) is 0 Å². The largest absolute Gasteiger partial charge is 0.461 e. The van der Waals surface area contributed by atoms with Crippen molar-refractivity contribution in [1.29, 1.82) is 0 Å². The van der Waals surface area contributed by atoms with Crippen LogP contribution in [0.25, 0.3) is 0 Å². The van der Waals surface area contributed by atoms with Gasteiger partial charge in [0.2, 0.25) is 0 Å². The third kappa shape index (κ3) is 2.93. The average molecular weight is 309 g/mol. The molecule has 0 radical (unpaired) electrons. The molecule has 7 nitrogen and oxygen atoms in total. The van der Waals surface area contributed by atoms with Crippen molar-refractivity contribution in [2.24, 2.45) is 7.05 Å². The van der Waals surface area contributed by atoms with Gasteiger partial charge in [-0.1, -0.05) is 0 Å². The number of hydrogen-bond donors (Lipinski definition) is 0. The minimum atomic E-state index is -0.562. The second-order valence-electron chi connectivity index (χ2n) is 6.34. The van der Waals surface area contributed by atoms with Gasteiger partial charge in [0, 0.05) is 12.6 Å². The molecule has 0 N–H and O–H groups in total. The number of aryl methyl sites for hydroxylation is 1. The summed E-state index contributed by atoms with van der Waals surface area (Å²) in [5.74, 6) is -0.461. The highest BCUT2D eigenvalue weighted by Crippen LogP contribution is 2.36. The molecule has 0 aromatic carbocycles. The number of fused-ring (bicyclic) bond motifs is 1. The Morgan fingerprint density at radius 1 is 1.36 bits per heavy atom. The van der Waals surface area contributed by atoms with Gasteiger partial charge in [-0.25, -0.2) is 9.59 Å². The predicted octanol–water partition coefficient (Wildman–Crippen LogP) is 2.41. The maximum absolute atomic E-state index is 12.3. The summed E-state index contributed by atoms with van der Waals surface area (Å²) in [5.41, 5.74) is 1.29. The molecule has 0 aliphatic carbocycles. The zero-order chi connectivity index (χ0) is 16.7. The molecular weight excluding hydrogens is 286 g/mol. The van der Waals surface area contributed by atoms with E-state index in [4.69, 9.17) is 9.47 Å². The molecule has 0 bridgehead atoms. The Bertz CT molecular complexity index is 601. The van der Waals surface area contributed by atoms with E-state index in [1.807, 2.05) is 27.7 Å². The Morgan fingerprint density at radius 3 is 2.55 bits per heavy atom. The summed E-state index contributed by atoms with van der Waals surface area (Å²) in [6.07, 6.45) is -0.397. The number of hydrogen-bond acceptors (Lipinski definition) is 5. The Hall–Kier alpha value is -2.05. The maximum atomic E-state index is 12.3. The van der Waals surface area contributed by atoms with Gasteiger partial charge in [0.1, 0.15) is 5.60 Å². The third-order valence-corrected chi connectivity index (χ3v) is 3.51. The molecule has 1 amide bonds. The van der Waals surface area contributed by atoms with E-state index < -0.39 is 17.7 Å². The fourth-order valence-electron chi connectivity index (χ4n) is 2.55. The van der Waals surface area contributed by atoms with E-state index in [2.05, 4.69) is 5.10 Å². The van der Waals surface area contributed by atoms with Crippen LogP contribution < -0.4 is 0 Å². The van der Waals surface area contributed by atoms with Crippen LogP contribution in [-0.4, -0.2) is 39.0 Å². The van der Waals surface area contributed by atoms with E-state index in [1.165, 1.54) is 0 Å². The van der Waals surface area contributed by atoms with Crippen molar-refractivity contribution < 1.29 is 19.1 Å². The molecule has 1 aliphatic heterocycles. The average Bonchev–Trinajstić information content (AvgIpc) is 2.87. The molecule has 0 spiro atoms. The fourth-order valence-corrected chi connectivity index (χ4v) is 2.55. The topological polar surface area (TPSA) is 73.7 Å². The maximum Gasteiger partial charge on any atom is 0.411 e. The van der Waals surface area contributed by atoms with Crippen LogP contribution in [-0.2, 0) is 23.1 Å². The molecular formula is C15H23N3O4. The summed E-state index contributed by atoms with van der Waals surface area (Å²) >= 11 is 0. The van der Waals surface area contributed by atoms with E-state index in [1.54, 1.807) is 23.6 Å². The lowest BCUT2D eigenvalue weighted by atomic mass is 10.1. The van der Waals surface area contributed by atoms with Crippen LogP contribution in [0.15, 0.2) is 0 Å². The van der Waals surface area contributed by atoms with Crippen molar-refractivity contribution in [3.8, 4) is 0 Å². The lowest BCUT2D eigenvalue weighted by Gasteiger charge is -2.27. The predicted molar refractivity (Wildman–Crippen MR) is 79.4 cm³/mol. The van der Waals surface area contributed by atoms with Gasteiger partial charge in [0.05, 0.1) is 24.9 Å². The second kappa shape index (κ2) is 5.62. The van der Waals surface area contributed by atoms with Crippen LogP contribution in [0, 0.1) is 0 Å². The fraction of sp³-hybridized carbons (Fsp3) is 0.667. The molecule has 22 heavy (non-hydrogen) atoms. The molecule has 122 valence electrons. The summed E-state index contributed by atoms with van der Waals surface area (Å²) in [7, 11) is 1.76. The first-order valence-corrected chi connectivity index (χ1v) is 7.38. The Kier molecular flexibility index (Phi) is 4.17. The monoisotopic (exact) mass is 309 g/mol. The van der Waals surface area contributed by atoms with Gasteiger partial charge in [0.15, 0.2) is 5.69 Å². The number of carbonyl (C=O) groups excluding carboxylic acids is 2. The molecule has 0 fully saturated rings. The standard InChI is InChI=1S/C15H23N3O4/c1-7-21-13(19)12-11-9(2)18(8-10(11)17(6)16-12)14(20)22-15(3,4)5/h9H,7-8H2,1-6H3/t9-/m1/s1. The van der Waals surface area contributed by atoms with Crippen LogP contribution in [0.5, 0.6) is 0 Å². The number of esters is 1. The Balaban J connectivity index is 2.28. The Labute approximate surface area is 130 Å². The smallest absolute Gasteiger partial charge is 0.411 e. The molecule has 1 aromatic rings. The summed E-state index contributed by atoms with van der Waals surface area (Å²) in [4.78, 5) is 25.9. The van der Waals surface area contributed by atoms with Crippen LogP contribution in [0.4, 0.5) is 4.79 Å². The zero-order valence-corrected chi connectivity index (χ0v) is 14.0. The van der Waals surface area contributed by atoms with E-state index in [9.17, 15) is 9.59 Å². The van der Waals surface area contributed by atoms with Gasteiger partial charge in [0.25, 0.3) is 0 Å². The molecule has 0 unspecified atom stereocenters. The highest BCUT2D eigenvalue weighted by Gasteiger charge is 2.39. The molecule has 1 aliphatic rings. The Morgan fingerprint density at radius 2 is 2.00 bits per heavy atom. The third-order valence-electron chi connectivity index (χ3n) is 3.51. The van der Waals surface area contributed by atoms with Gasteiger partial charge in [-0.3, -0.25) is 9.58 Å². The number of nitrogens with zero attached hydrogens (tertiary/aromatic N) is 3. The second-order valence-corrected chi connectivity index (χ2v) is 6.34. The molecule has 2 rings (SSSR count). The van der Waals surface area contributed by atoms with Crippen molar-refractivity contribution in [3.63, 3.8) is 0 Å². The lowest BCUT2D eigenvalue weighted by molar-refractivity contribution is 0.0180. The number of carbonyl (C=O) groups is 2. The number of ether oxygens (including phenoxy) is 2. The zero-order valence-electron chi connectivity index (χ0n) is 14.0. The van der Waals surface area contributed by atoms with Crippen molar-refractivity contribution in [1.82, 2.24) is 14.7 Å². The van der Waals surface area contributed by atoms with E-state index in [0.717, 1.165) is 11.3 Å². The van der Waals surface area contributed by atoms with Crippen LogP contribution in [0.3, 0.4) is 0 Å². The first-order valence-electron chi connectivity index (χ1n) is 7.38. The molecule has 2 heterocycles. The van der Waals surface area contributed by atoms with Gasteiger partial charge < -0.3 is 9.47 Å². The normalized spacial score (nSPS) is 17.4. The minimum absolute atomic E-state index is 0.276. The van der Waals surface area contributed by atoms with Crippen molar-refractivity contribution in [2.45, 2.75) is 52.8 Å². The molecule has 0 saturated carbocycles. The van der Waals surface area contributed by atoms with Crippen molar-refractivity contribution in [3.05, 3.63) is 17.0 Å². The van der Waals surface area contributed by atoms with Gasteiger partial charge >= 0.3 is 12.1 Å². The summed E-state index contributed by atoms with van der Waals surface area (Å²) in [6, 6.07) is -0.280. The summed E-state index contributed by atoms with van der Waals surface area (Å²) < 4.78 is 12.1. The molecule has 0 saturated heterocycles. The van der Waals surface area contributed by atoms with Crippen LogP contribution >= 0.6 is 0 Å². The van der Waals surface area contributed by atoms with Crippen LogP contribution in [0.1, 0.15) is 62.4 Å². The molecule has 1 atom stereocenters. The lowest BCUT2D eigenvalue weighted by Crippen LogP contribution is -2.35. The highest BCUT2D eigenvalue weighted by atomic mass is 16.6. The van der Waals surface area contributed by atoms with Gasteiger partial charge in [-0.15, -0.1) is 0 Å². The highest BCUT2D eigenvalue weighted by molar-refractivity contribution is 5.90. The van der Waals surface area contributed by atoms with E-state index in [0.29, 0.717) is 6.54 Å². The molecule has 1 aromatic heterocycles. The number of amides is 1. The minimum Gasteiger partial charge on any atom is -0.461 e. The van der Waals surface area contributed by atoms with Crippen molar-refractivity contribution >= 4 is 12.1 Å². The first kappa shape index (κ1) is 16.3.